The Morgan fingerprint density at radius 1 is 0.706 bits per heavy atom. The van der Waals surface area contributed by atoms with Gasteiger partial charge in [0.2, 0.25) is 0 Å². The first kappa shape index (κ1) is 16.7. The van der Waals surface area contributed by atoms with Crippen LogP contribution in [0.1, 0.15) is 91.4 Å². The van der Waals surface area contributed by atoms with Gasteiger partial charge in [0, 0.05) is 0 Å². The molecule has 0 aromatic carbocycles. The van der Waals surface area contributed by atoms with Gasteiger partial charge in [0.1, 0.15) is 0 Å². The molecule has 0 saturated heterocycles. The highest BCUT2D eigenvalue weighted by Gasteiger charge is 1.93. The Hall–Kier alpha value is -0.260. The number of rotatable bonds is 12. The van der Waals surface area contributed by atoms with Crippen molar-refractivity contribution in [1.29, 1.82) is 0 Å². The first-order valence-electron chi connectivity index (χ1n) is 7.92. The molecule has 0 N–H and O–H groups in total. The van der Waals surface area contributed by atoms with Gasteiger partial charge >= 0.3 is 0 Å². The van der Waals surface area contributed by atoms with Crippen LogP contribution >= 0.6 is 0 Å². The van der Waals surface area contributed by atoms with E-state index in [9.17, 15) is 0 Å². The van der Waals surface area contributed by atoms with E-state index in [-0.39, 0.29) is 0 Å². The predicted molar refractivity (Wildman–Crippen MR) is 80.4 cm³/mol. The predicted octanol–water partition coefficient (Wildman–Crippen LogP) is 6.51. The molecule has 0 radical (unpaired) electrons. The van der Waals surface area contributed by atoms with Gasteiger partial charge in [-0.15, -0.1) is 0 Å². The largest absolute Gasteiger partial charge is 0.0885 e. The van der Waals surface area contributed by atoms with Crippen LogP contribution in [0.25, 0.3) is 0 Å². The van der Waals surface area contributed by atoms with Crippen molar-refractivity contribution in [3.05, 3.63) is 12.2 Å². The number of allylic oxidation sites excluding steroid dienone is 2. The molecule has 0 rings (SSSR count). The molecule has 0 unspecified atom stereocenters. The Balaban J connectivity index is 3.04. The average molecular weight is 238 g/mol. The highest BCUT2D eigenvalue weighted by molar-refractivity contribution is 4.81. The summed E-state index contributed by atoms with van der Waals surface area (Å²) in [5.41, 5.74) is 0. The summed E-state index contributed by atoms with van der Waals surface area (Å²) in [7, 11) is 0. The molecule has 0 heterocycles. The number of hydrogen-bond acceptors (Lipinski definition) is 0. The molecule has 0 aliphatic heterocycles. The molecule has 0 atom stereocenters. The standard InChI is InChI=1S/C17H34/c1-4-5-6-7-8-9-10-11-12-13-14-15-16-17(2)3/h10-11,17H,4-9,12-16H2,1-3H3/b11-10-. The van der Waals surface area contributed by atoms with Crippen LogP contribution in [0.5, 0.6) is 0 Å². The average Bonchev–Trinajstić information content (AvgIpc) is 2.30. The van der Waals surface area contributed by atoms with Crippen LogP contribution < -0.4 is 0 Å². The SMILES string of the molecule is CCCCCCC/C=C\CCCCCC(C)C. The zero-order valence-electron chi connectivity index (χ0n) is 12.5. The fourth-order valence-electron chi connectivity index (χ4n) is 2.09. The molecule has 0 aliphatic rings. The molecule has 0 heteroatoms. The van der Waals surface area contributed by atoms with E-state index in [1.807, 2.05) is 0 Å². The van der Waals surface area contributed by atoms with Crippen LogP contribution in [0.2, 0.25) is 0 Å². The fraction of sp³-hybridized carbons (Fsp3) is 0.882. The molecule has 17 heavy (non-hydrogen) atoms. The highest BCUT2D eigenvalue weighted by atomic mass is 14.0. The summed E-state index contributed by atoms with van der Waals surface area (Å²) in [6, 6.07) is 0. The van der Waals surface area contributed by atoms with Gasteiger partial charge in [-0.25, -0.2) is 0 Å². The zero-order valence-corrected chi connectivity index (χ0v) is 12.5. The lowest BCUT2D eigenvalue weighted by Gasteiger charge is -2.02. The summed E-state index contributed by atoms with van der Waals surface area (Å²) in [6.45, 7) is 6.91. The van der Waals surface area contributed by atoms with Crippen LogP contribution in [-0.4, -0.2) is 0 Å². The van der Waals surface area contributed by atoms with Gasteiger partial charge in [0.25, 0.3) is 0 Å². The summed E-state index contributed by atoms with van der Waals surface area (Å²) in [5, 5.41) is 0. The van der Waals surface area contributed by atoms with E-state index in [1.165, 1.54) is 70.6 Å². The third-order valence-electron chi connectivity index (χ3n) is 3.29. The minimum absolute atomic E-state index is 0.883. The van der Waals surface area contributed by atoms with Crippen LogP contribution in [0.15, 0.2) is 12.2 Å². The van der Waals surface area contributed by atoms with E-state index in [1.54, 1.807) is 0 Å². The van der Waals surface area contributed by atoms with Crippen molar-refractivity contribution < 1.29 is 0 Å². The molecular weight excluding hydrogens is 204 g/mol. The van der Waals surface area contributed by atoms with E-state index in [4.69, 9.17) is 0 Å². The van der Waals surface area contributed by atoms with Crippen molar-refractivity contribution >= 4 is 0 Å². The lowest BCUT2D eigenvalue weighted by Crippen LogP contribution is -1.86. The second-order valence-corrected chi connectivity index (χ2v) is 5.71. The van der Waals surface area contributed by atoms with Gasteiger partial charge in [0.05, 0.1) is 0 Å². The smallest absolute Gasteiger partial charge is 0.0351 e. The molecule has 0 fully saturated rings. The van der Waals surface area contributed by atoms with Gasteiger partial charge in [-0.1, -0.05) is 77.9 Å². The molecule has 102 valence electrons. The first-order valence-corrected chi connectivity index (χ1v) is 7.92. The van der Waals surface area contributed by atoms with Crippen LogP contribution in [0, 0.1) is 5.92 Å². The monoisotopic (exact) mass is 238 g/mol. The molecule has 0 spiro atoms. The van der Waals surface area contributed by atoms with Crippen LogP contribution in [-0.2, 0) is 0 Å². The topological polar surface area (TPSA) is 0 Å². The van der Waals surface area contributed by atoms with Crippen molar-refractivity contribution in [2.24, 2.45) is 5.92 Å². The van der Waals surface area contributed by atoms with Gasteiger partial charge in [0.15, 0.2) is 0 Å². The van der Waals surface area contributed by atoms with Crippen molar-refractivity contribution in [2.45, 2.75) is 91.4 Å². The maximum absolute atomic E-state index is 2.40. The minimum Gasteiger partial charge on any atom is -0.0885 e. The third kappa shape index (κ3) is 15.7. The molecular formula is C17H34. The normalized spacial score (nSPS) is 11.8. The van der Waals surface area contributed by atoms with Crippen molar-refractivity contribution in [2.75, 3.05) is 0 Å². The molecule has 0 saturated carbocycles. The summed E-state index contributed by atoms with van der Waals surface area (Å²) >= 11 is 0. The second-order valence-electron chi connectivity index (χ2n) is 5.71. The molecule has 0 aliphatic carbocycles. The van der Waals surface area contributed by atoms with Crippen molar-refractivity contribution in [3.63, 3.8) is 0 Å². The Bertz CT molecular complexity index is 155. The summed E-state index contributed by atoms with van der Waals surface area (Å²) in [6.07, 6.45) is 20.0. The van der Waals surface area contributed by atoms with E-state index >= 15 is 0 Å². The zero-order chi connectivity index (χ0) is 12.8. The molecule has 0 bridgehead atoms. The lowest BCUT2D eigenvalue weighted by molar-refractivity contribution is 0.528. The van der Waals surface area contributed by atoms with Crippen LogP contribution in [0.3, 0.4) is 0 Å². The Morgan fingerprint density at radius 2 is 1.24 bits per heavy atom. The highest BCUT2D eigenvalue weighted by Crippen LogP contribution is 2.10. The molecule has 0 aromatic rings. The Kier molecular flexibility index (Phi) is 13.6. The fourth-order valence-corrected chi connectivity index (χ4v) is 2.09. The van der Waals surface area contributed by atoms with Crippen LogP contribution in [0.4, 0.5) is 0 Å². The van der Waals surface area contributed by atoms with Gasteiger partial charge in [-0.2, -0.15) is 0 Å². The maximum Gasteiger partial charge on any atom is -0.0351 e. The van der Waals surface area contributed by atoms with E-state index in [0.29, 0.717) is 0 Å². The lowest BCUT2D eigenvalue weighted by atomic mass is 10.0. The second kappa shape index (κ2) is 13.8. The summed E-state index contributed by atoms with van der Waals surface area (Å²) in [5.74, 6) is 0.883. The number of hydrogen-bond donors (Lipinski definition) is 0. The van der Waals surface area contributed by atoms with E-state index in [0.717, 1.165) is 5.92 Å². The van der Waals surface area contributed by atoms with Gasteiger partial charge in [-0.05, 0) is 31.6 Å². The Morgan fingerprint density at radius 3 is 1.76 bits per heavy atom. The maximum atomic E-state index is 2.40. The van der Waals surface area contributed by atoms with Gasteiger partial charge < -0.3 is 0 Å². The Labute approximate surface area is 110 Å². The first-order chi connectivity index (χ1) is 8.27. The number of unbranched alkanes of at least 4 members (excludes halogenated alkanes) is 8. The van der Waals surface area contributed by atoms with E-state index < -0.39 is 0 Å². The van der Waals surface area contributed by atoms with E-state index in [2.05, 4.69) is 32.9 Å². The molecule has 0 amide bonds. The quantitative estimate of drug-likeness (QED) is 0.268. The summed E-state index contributed by atoms with van der Waals surface area (Å²) < 4.78 is 0. The third-order valence-corrected chi connectivity index (χ3v) is 3.29. The minimum atomic E-state index is 0.883. The molecule has 0 aromatic heterocycles. The molecule has 0 nitrogen and oxygen atoms in total. The van der Waals surface area contributed by atoms with Gasteiger partial charge in [-0.3, -0.25) is 0 Å². The van der Waals surface area contributed by atoms with Crippen molar-refractivity contribution in [1.82, 2.24) is 0 Å². The summed E-state index contributed by atoms with van der Waals surface area (Å²) in [4.78, 5) is 0. The van der Waals surface area contributed by atoms with Crippen molar-refractivity contribution in [3.8, 4) is 0 Å².